The first-order valence-corrected chi connectivity index (χ1v) is 9.84. The number of esters is 1. The van der Waals surface area contributed by atoms with Crippen molar-refractivity contribution in [3.63, 3.8) is 0 Å². The molecule has 1 amide bonds. The van der Waals surface area contributed by atoms with E-state index >= 15 is 0 Å². The molecule has 1 aromatic carbocycles. The van der Waals surface area contributed by atoms with Crippen LogP contribution in [0, 0.1) is 5.92 Å². The van der Waals surface area contributed by atoms with E-state index in [2.05, 4.69) is 15.3 Å². The van der Waals surface area contributed by atoms with Gasteiger partial charge in [0.15, 0.2) is 0 Å². The van der Waals surface area contributed by atoms with Crippen molar-refractivity contribution >= 4 is 11.9 Å². The number of benzene rings is 1. The Morgan fingerprint density at radius 3 is 2.43 bits per heavy atom. The minimum Gasteiger partial charge on any atom is -0.461 e. The average Bonchev–Trinajstić information content (AvgIpc) is 2.77. The fraction of sp³-hybridized carbons (Fsp3) is 0.600. The molecule has 10 heteroatoms. The van der Waals surface area contributed by atoms with Crippen LogP contribution in [-0.4, -0.2) is 58.2 Å². The molecular formula is C20H30N4O6. The van der Waals surface area contributed by atoms with Crippen molar-refractivity contribution in [2.45, 2.75) is 26.4 Å². The lowest BCUT2D eigenvalue weighted by atomic mass is 10.1. The van der Waals surface area contributed by atoms with Crippen molar-refractivity contribution in [2.75, 3.05) is 46.3 Å². The molecule has 0 aliphatic rings. The molecule has 0 bridgehead atoms. The Hall–Kier alpha value is -2.65. The number of nitrogens with one attached hydrogen (secondary N) is 1. The highest BCUT2D eigenvalue weighted by molar-refractivity contribution is 5.79. The first kappa shape index (κ1) is 25.4. The number of amides is 1. The van der Waals surface area contributed by atoms with Crippen molar-refractivity contribution in [1.29, 1.82) is 0 Å². The lowest BCUT2D eigenvalue weighted by Gasteiger charge is -2.12. The van der Waals surface area contributed by atoms with Crippen LogP contribution in [0.5, 0.6) is 0 Å². The van der Waals surface area contributed by atoms with E-state index in [-0.39, 0.29) is 37.6 Å². The first-order valence-electron chi connectivity index (χ1n) is 9.84. The molecule has 0 heterocycles. The maximum atomic E-state index is 12.0. The molecule has 1 aromatic rings. The van der Waals surface area contributed by atoms with E-state index in [0.29, 0.717) is 46.0 Å². The second-order valence-corrected chi connectivity index (χ2v) is 6.36. The maximum absolute atomic E-state index is 12.0. The number of carbonyl (C=O) groups is 2. The summed E-state index contributed by atoms with van der Waals surface area (Å²) in [5, 5.41) is 6.00. The molecule has 30 heavy (non-hydrogen) atoms. The number of rotatable bonds is 17. The Morgan fingerprint density at radius 1 is 1.07 bits per heavy atom. The molecule has 0 saturated carbocycles. The second-order valence-electron chi connectivity index (χ2n) is 6.36. The van der Waals surface area contributed by atoms with Gasteiger partial charge in [-0.25, -0.2) is 0 Å². The smallest absolute Gasteiger partial charge is 0.306 e. The standard InChI is InChI=1S/C20H30N4O6/c1-17(7-8-19(25)30-15-18-5-3-2-4-6-18)20(26)22-16-29-14-13-28-12-11-27-10-9-23-24-21/h2-6,17H,7-16H2,1H3,(H,22,26). The van der Waals surface area contributed by atoms with Crippen LogP contribution in [0.4, 0.5) is 0 Å². The summed E-state index contributed by atoms with van der Waals surface area (Å²) < 4.78 is 21.0. The summed E-state index contributed by atoms with van der Waals surface area (Å²) in [6.45, 7) is 4.24. The van der Waals surface area contributed by atoms with E-state index < -0.39 is 0 Å². The van der Waals surface area contributed by atoms with E-state index in [9.17, 15) is 9.59 Å². The fourth-order valence-corrected chi connectivity index (χ4v) is 2.23. The Kier molecular flexibility index (Phi) is 14.6. The Labute approximate surface area is 176 Å². The van der Waals surface area contributed by atoms with Crippen LogP contribution < -0.4 is 5.32 Å². The van der Waals surface area contributed by atoms with Gasteiger partial charge >= 0.3 is 5.97 Å². The summed E-state index contributed by atoms with van der Waals surface area (Å²) in [5.74, 6) is -0.828. The predicted molar refractivity (Wildman–Crippen MR) is 109 cm³/mol. The molecular weight excluding hydrogens is 392 g/mol. The van der Waals surface area contributed by atoms with Gasteiger partial charge in [-0.15, -0.1) is 0 Å². The molecule has 1 atom stereocenters. The van der Waals surface area contributed by atoms with Gasteiger partial charge in [0.2, 0.25) is 5.91 Å². The van der Waals surface area contributed by atoms with Crippen LogP contribution in [0.15, 0.2) is 35.4 Å². The largest absolute Gasteiger partial charge is 0.461 e. The van der Waals surface area contributed by atoms with Gasteiger partial charge in [-0.2, -0.15) is 0 Å². The predicted octanol–water partition coefficient (Wildman–Crippen LogP) is 2.58. The second kappa shape index (κ2) is 17.2. The molecule has 0 spiro atoms. The summed E-state index contributed by atoms with van der Waals surface area (Å²) in [7, 11) is 0. The summed E-state index contributed by atoms with van der Waals surface area (Å²) in [5.41, 5.74) is 9.02. The number of azide groups is 1. The van der Waals surface area contributed by atoms with Crippen LogP contribution in [0.25, 0.3) is 10.4 Å². The first-order chi connectivity index (χ1) is 14.6. The van der Waals surface area contributed by atoms with Gasteiger partial charge in [-0.3, -0.25) is 9.59 Å². The van der Waals surface area contributed by atoms with E-state index in [1.807, 2.05) is 30.3 Å². The summed E-state index contributed by atoms with van der Waals surface area (Å²) >= 11 is 0. The molecule has 0 radical (unpaired) electrons. The van der Waals surface area contributed by atoms with Gasteiger partial charge in [-0.05, 0) is 17.5 Å². The molecule has 1 unspecified atom stereocenters. The maximum Gasteiger partial charge on any atom is 0.306 e. The quantitative estimate of drug-likeness (QED) is 0.102. The van der Waals surface area contributed by atoms with Crippen molar-refractivity contribution in [1.82, 2.24) is 5.32 Å². The van der Waals surface area contributed by atoms with E-state index in [1.165, 1.54) is 0 Å². The molecule has 0 aliphatic heterocycles. The highest BCUT2D eigenvalue weighted by Crippen LogP contribution is 2.08. The number of hydrogen-bond acceptors (Lipinski definition) is 7. The SMILES string of the molecule is CC(CCC(=O)OCc1ccccc1)C(=O)NCOCCOCCOCCN=[N+]=[N-]. The average molecular weight is 422 g/mol. The van der Waals surface area contributed by atoms with Crippen molar-refractivity contribution < 1.29 is 28.5 Å². The van der Waals surface area contributed by atoms with Gasteiger partial charge in [0.1, 0.15) is 13.3 Å². The third-order valence-corrected chi connectivity index (χ3v) is 3.96. The lowest BCUT2D eigenvalue weighted by Crippen LogP contribution is -2.32. The van der Waals surface area contributed by atoms with Gasteiger partial charge < -0.3 is 24.3 Å². The molecule has 0 saturated heterocycles. The fourth-order valence-electron chi connectivity index (χ4n) is 2.23. The number of carbonyl (C=O) groups excluding carboxylic acids is 2. The van der Waals surface area contributed by atoms with E-state index in [4.69, 9.17) is 24.5 Å². The highest BCUT2D eigenvalue weighted by atomic mass is 16.5. The molecule has 10 nitrogen and oxygen atoms in total. The van der Waals surface area contributed by atoms with E-state index in [0.717, 1.165) is 5.56 Å². The number of hydrogen-bond donors (Lipinski definition) is 1. The third kappa shape index (κ3) is 13.5. The zero-order valence-electron chi connectivity index (χ0n) is 17.3. The monoisotopic (exact) mass is 422 g/mol. The van der Waals surface area contributed by atoms with Gasteiger partial charge in [0.25, 0.3) is 0 Å². The van der Waals surface area contributed by atoms with Crippen LogP contribution in [0.1, 0.15) is 25.3 Å². The Bertz CT molecular complexity index is 652. The molecule has 1 N–H and O–H groups in total. The van der Waals surface area contributed by atoms with Gasteiger partial charge in [-0.1, -0.05) is 42.4 Å². The van der Waals surface area contributed by atoms with Crippen LogP contribution in [-0.2, 0) is 35.1 Å². The van der Waals surface area contributed by atoms with Crippen LogP contribution >= 0.6 is 0 Å². The van der Waals surface area contributed by atoms with Crippen LogP contribution in [0.3, 0.4) is 0 Å². The molecule has 0 aromatic heterocycles. The zero-order valence-corrected chi connectivity index (χ0v) is 17.3. The minimum absolute atomic E-state index is 0.0770. The molecule has 1 rings (SSSR count). The van der Waals surface area contributed by atoms with Crippen molar-refractivity contribution in [3.8, 4) is 0 Å². The van der Waals surface area contributed by atoms with Crippen molar-refractivity contribution in [3.05, 3.63) is 46.3 Å². The van der Waals surface area contributed by atoms with Crippen molar-refractivity contribution in [2.24, 2.45) is 11.0 Å². The van der Waals surface area contributed by atoms with Gasteiger partial charge in [0, 0.05) is 23.8 Å². The third-order valence-electron chi connectivity index (χ3n) is 3.96. The minimum atomic E-state index is -0.325. The Morgan fingerprint density at radius 2 is 1.73 bits per heavy atom. The van der Waals surface area contributed by atoms with E-state index in [1.54, 1.807) is 6.92 Å². The summed E-state index contributed by atoms with van der Waals surface area (Å²) in [4.78, 5) is 26.4. The number of ether oxygens (including phenoxy) is 4. The highest BCUT2D eigenvalue weighted by Gasteiger charge is 2.15. The molecule has 0 fully saturated rings. The van der Waals surface area contributed by atoms with Gasteiger partial charge in [0.05, 0.1) is 33.0 Å². The number of nitrogens with zero attached hydrogens (tertiary/aromatic N) is 3. The zero-order chi connectivity index (χ0) is 21.9. The molecule has 166 valence electrons. The molecule has 0 aliphatic carbocycles. The summed E-state index contributed by atoms with van der Waals surface area (Å²) in [6, 6.07) is 9.44. The lowest BCUT2D eigenvalue weighted by molar-refractivity contribution is -0.145. The topological polar surface area (TPSA) is 132 Å². The summed E-state index contributed by atoms with van der Waals surface area (Å²) in [6.07, 6.45) is 0.587. The Balaban J connectivity index is 1.95. The normalized spacial score (nSPS) is 11.4. The van der Waals surface area contributed by atoms with Crippen LogP contribution in [0.2, 0.25) is 0 Å².